The molecule has 2 N–H and O–H groups in total. The van der Waals surface area contributed by atoms with Gasteiger partial charge < -0.3 is 15.5 Å². The van der Waals surface area contributed by atoms with Crippen LogP contribution < -0.4 is 19.8 Å². The van der Waals surface area contributed by atoms with Gasteiger partial charge in [-0.25, -0.2) is 8.42 Å². The number of thiocarbonyl (C=S) groups is 1. The summed E-state index contributed by atoms with van der Waals surface area (Å²) in [6, 6.07) is 15.7. The van der Waals surface area contributed by atoms with E-state index < -0.39 is 10.0 Å². The van der Waals surface area contributed by atoms with Gasteiger partial charge in [-0.15, -0.1) is 0 Å². The molecule has 150 valence electrons. The fraction of sp³-hybridized carbons (Fsp3) is 0.350. The topological polar surface area (TPSA) is 64.7 Å². The van der Waals surface area contributed by atoms with Crippen LogP contribution in [0, 0.1) is 0 Å². The maximum Gasteiger partial charge on any atom is 0.231 e. The minimum absolute atomic E-state index is 0.529. The van der Waals surface area contributed by atoms with Gasteiger partial charge in [0.25, 0.3) is 0 Å². The Morgan fingerprint density at radius 3 is 2.79 bits per heavy atom. The van der Waals surface area contributed by atoms with Gasteiger partial charge in [0.2, 0.25) is 10.0 Å². The highest BCUT2D eigenvalue weighted by Gasteiger charge is 2.17. The van der Waals surface area contributed by atoms with Crippen molar-refractivity contribution in [2.75, 3.05) is 47.5 Å². The van der Waals surface area contributed by atoms with Crippen LogP contribution in [0.2, 0.25) is 0 Å². The molecule has 1 aliphatic rings. The van der Waals surface area contributed by atoms with Gasteiger partial charge in [0.05, 0.1) is 11.9 Å². The second kappa shape index (κ2) is 8.79. The van der Waals surface area contributed by atoms with E-state index in [1.807, 2.05) is 6.07 Å². The molecule has 0 unspecified atom stereocenters. The SMILES string of the molecule is CN(c1cccc(NC(=S)NCCCN2CCc3ccccc32)c1)S(C)(=O)=O. The van der Waals surface area contributed by atoms with Gasteiger partial charge >= 0.3 is 0 Å². The van der Waals surface area contributed by atoms with Crippen molar-refractivity contribution >= 4 is 44.4 Å². The minimum Gasteiger partial charge on any atom is -0.371 e. The number of para-hydroxylation sites is 1. The summed E-state index contributed by atoms with van der Waals surface area (Å²) in [5.74, 6) is 0. The molecule has 0 spiro atoms. The van der Waals surface area contributed by atoms with Gasteiger partial charge in [0, 0.05) is 38.1 Å². The number of sulfonamides is 1. The van der Waals surface area contributed by atoms with Crippen LogP contribution in [0.1, 0.15) is 12.0 Å². The summed E-state index contributed by atoms with van der Waals surface area (Å²) in [6.45, 7) is 2.83. The Morgan fingerprint density at radius 1 is 1.21 bits per heavy atom. The average molecular weight is 419 g/mol. The summed E-state index contributed by atoms with van der Waals surface area (Å²) >= 11 is 5.36. The van der Waals surface area contributed by atoms with Crippen LogP contribution in [0.3, 0.4) is 0 Å². The maximum absolute atomic E-state index is 11.7. The van der Waals surface area contributed by atoms with Gasteiger partial charge in [0.1, 0.15) is 0 Å². The predicted octanol–water partition coefficient (Wildman–Crippen LogP) is 2.82. The highest BCUT2D eigenvalue weighted by molar-refractivity contribution is 7.92. The van der Waals surface area contributed by atoms with E-state index in [0.29, 0.717) is 10.8 Å². The van der Waals surface area contributed by atoms with Crippen molar-refractivity contribution < 1.29 is 8.42 Å². The van der Waals surface area contributed by atoms with Crippen LogP contribution in [-0.2, 0) is 16.4 Å². The molecule has 0 amide bonds. The molecule has 0 atom stereocenters. The van der Waals surface area contributed by atoms with Gasteiger partial charge in [0.15, 0.2) is 5.11 Å². The lowest BCUT2D eigenvalue weighted by molar-refractivity contribution is 0.600. The quantitative estimate of drug-likeness (QED) is 0.533. The molecule has 0 saturated heterocycles. The first-order valence-corrected chi connectivity index (χ1v) is 11.5. The fourth-order valence-electron chi connectivity index (χ4n) is 3.26. The zero-order chi connectivity index (χ0) is 20.1. The van der Waals surface area contributed by atoms with E-state index in [2.05, 4.69) is 39.8 Å². The number of rotatable bonds is 7. The zero-order valence-electron chi connectivity index (χ0n) is 16.2. The van der Waals surface area contributed by atoms with Crippen molar-refractivity contribution in [1.82, 2.24) is 5.32 Å². The van der Waals surface area contributed by atoms with Crippen molar-refractivity contribution in [3.63, 3.8) is 0 Å². The largest absolute Gasteiger partial charge is 0.371 e. The Labute approximate surface area is 172 Å². The second-order valence-electron chi connectivity index (χ2n) is 6.88. The third-order valence-electron chi connectivity index (χ3n) is 4.84. The Morgan fingerprint density at radius 2 is 2.00 bits per heavy atom. The van der Waals surface area contributed by atoms with E-state index in [1.165, 1.54) is 28.9 Å². The van der Waals surface area contributed by atoms with Gasteiger partial charge in [-0.1, -0.05) is 24.3 Å². The van der Waals surface area contributed by atoms with E-state index in [1.54, 1.807) is 18.2 Å². The lowest BCUT2D eigenvalue weighted by Crippen LogP contribution is -2.32. The summed E-state index contributed by atoms with van der Waals surface area (Å²) < 4.78 is 24.6. The van der Waals surface area contributed by atoms with E-state index in [-0.39, 0.29) is 0 Å². The zero-order valence-corrected chi connectivity index (χ0v) is 17.8. The number of nitrogens with zero attached hydrogens (tertiary/aromatic N) is 2. The number of benzene rings is 2. The van der Waals surface area contributed by atoms with Crippen molar-refractivity contribution in [3.8, 4) is 0 Å². The van der Waals surface area contributed by atoms with E-state index in [0.717, 1.165) is 38.2 Å². The standard InChI is InChI=1S/C20H26N4O2S2/c1-23(28(2,25)26)18-9-5-8-17(15-18)22-20(27)21-12-6-13-24-14-11-16-7-3-4-10-19(16)24/h3-5,7-10,15H,6,11-14H2,1-2H3,(H2,21,22,27). The van der Waals surface area contributed by atoms with Gasteiger partial charge in [-0.2, -0.15) is 0 Å². The lowest BCUT2D eigenvalue weighted by Gasteiger charge is -2.20. The number of nitrogens with one attached hydrogen (secondary N) is 2. The summed E-state index contributed by atoms with van der Waals surface area (Å²) in [4.78, 5) is 2.41. The van der Waals surface area contributed by atoms with E-state index in [4.69, 9.17) is 12.2 Å². The molecule has 2 aromatic carbocycles. The molecule has 0 bridgehead atoms. The van der Waals surface area contributed by atoms with Crippen LogP contribution in [-0.4, -0.2) is 46.5 Å². The molecule has 1 heterocycles. The summed E-state index contributed by atoms with van der Waals surface area (Å²) in [5, 5.41) is 6.87. The summed E-state index contributed by atoms with van der Waals surface area (Å²) in [5.41, 5.74) is 4.10. The van der Waals surface area contributed by atoms with Crippen LogP contribution >= 0.6 is 12.2 Å². The first kappa shape index (κ1) is 20.4. The Kier molecular flexibility index (Phi) is 6.41. The second-order valence-corrected chi connectivity index (χ2v) is 9.30. The lowest BCUT2D eigenvalue weighted by atomic mass is 10.2. The molecular formula is C20H26N4O2S2. The third kappa shape index (κ3) is 5.14. The molecule has 0 fully saturated rings. The van der Waals surface area contributed by atoms with Gasteiger partial charge in [-0.3, -0.25) is 4.31 Å². The Hall–Kier alpha value is -2.32. The molecule has 6 nitrogen and oxygen atoms in total. The molecular weight excluding hydrogens is 392 g/mol. The molecule has 8 heteroatoms. The van der Waals surface area contributed by atoms with Crippen LogP contribution in [0.15, 0.2) is 48.5 Å². The van der Waals surface area contributed by atoms with Gasteiger partial charge in [-0.05, 0) is 54.9 Å². The normalized spacial score (nSPS) is 13.1. The third-order valence-corrected chi connectivity index (χ3v) is 6.29. The minimum atomic E-state index is -3.30. The predicted molar refractivity (Wildman–Crippen MR) is 121 cm³/mol. The van der Waals surface area contributed by atoms with Crippen molar-refractivity contribution in [3.05, 3.63) is 54.1 Å². The maximum atomic E-state index is 11.7. The molecule has 0 radical (unpaired) electrons. The number of anilines is 3. The highest BCUT2D eigenvalue weighted by Crippen LogP contribution is 2.27. The fourth-order valence-corrected chi connectivity index (χ4v) is 3.97. The smallest absolute Gasteiger partial charge is 0.231 e. The Balaban J connectivity index is 1.45. The van der Waals surface area contributed by atoms with Crippen LogP contribution in [0.5, 0.6) is 0 Å². The molecule has 0 aliphatic carbocycles. The number of hydrogen-bond acceptors (Lipinski definition) is 4. The summed E-state index contributed by atoms with van der Waals surface area (Å²) in [7, 11) is -1.77. The molecule has 0 saturated carbocycles. The van der Waals surface area contributed by atoms with Crippen LogP contribution in [0.4, 0.5) is 17.1 Å². The molecule has 2 aromatic rings. The first-order valence-electron chi connectivity index (χ1n) is 9.26. The molecule has 28 heavy (non-hydrogen) atoms. The van der Waals surface area contributed by atoms with E-state index in [9.17, 15) is 8.42 Å². The molecule has 0 aromatic heterocycles. The first-order chi connectivity index (χ1) is 13.3. The monoisotopic (exact) mass is 418 g/mol. The van der Waals surface area contributed by atoms with E-state index >= 15 is 0 Å². The van der Waals surface area contributed by atoms with Crippen LogP contribution in [0.25, 0.3) is 0 Å². The average Bonchev–Trinajstić information content (AvgIpc) is 3.07. The van der Waals surface area contributed by atoms with Crippen molar-refractivity contribution in [2.24, 2.45) is 0 Å². The molecule has 3 rings (SSSR count). The Bertz CT molecular complexity index is 947. The van der Waals surface area contributed by atoms with Crippen molar-refractivity contribution in [1.29, 1.82) is 0 Å². The highest BCUT2D eigenvalue weighted by atomic mass is 32.2. The number of hydrogen-bond donors (Lipinski definition) is 2. The summed E-state index contributed by atoms with van der Waals surface area (Å²) in [6.07, 6.45) is 3.27. The molecule has 1 aliphatic heterocycles. The number of fused-ring (bicyclic) bond motifs is 1. The van der Waals surface area contributed by atoms with Crippen molar-refractivity contribution in [2.45, 2.75) is 12.8 Å².